The van der Waals surface area contributed by atoms with Crippen LogP contribution in [-0.2, 0) is 16.1 Å². The number of aldehydes is 1. The van der Waals surface area contributed by atoms with E-state index in [0.29, 0.717) is 72.3 Å². The molecule has 0 radical (unpaired) electrons. The molecule has 300 valence electrons. The zero-order valence-corrected chi connectivity index (χ0v) is 33.0. The molecule has 3 unspecified atom stereocenters. The van der Waals surface area contributed by atoms with Gasteiger partial charge in [-0.25, -0.2) is 14.4 Å². The molecule has 3 atom stereocenters. The summed E-state index contributed by atoms with van der Waals surface area (Å²) < 4.78 is 15.5. The lowest BCUT2D eigenvalue weighted by Gasteiger charge is -2.39. The van der Waals surface area contributed by atoms with E-state index < -0.39 is 11.8 Å². The number of anilines is 2. The standard InChI is InChI=1S/C43H51ClFN9O3/c44-35-21-48-43(50-41(35)34-20-47-37-4-2-1-3-32(34)37)49-30-11-14-52(25-30)23-27-7-12-51(13-8-27)22-28-9-15-53(16-10-28)39-18-33-29(17-36(39)45)24-54(42(33)57)31-5-6-38(46-19-31)40(56)26-55/h1-4,17-18,20-21,26-28,30-31,38,46-47H,5-16,19,22-25H2,(H,48,49,50). The highest BCUT2D eigenvalue weighted by Crippen LogP contribution is 2.36. The minimum Gasteiger partial charge on any atom is -0.369 e. The van der Waals surface area contributed by atoms with Crippen molar-refractivity contribution in [2.24, 2.45) is 11.8 Å². The molecule has 5 aliphatic rings. The first-order valence-corrected chi connectivity index (χ1v) is 21.1. The number of ketones is 1. The quantitative estimate of drug-likeness (QED) is 0.135. The number of aromatic nitrogens is 3. The predicted octanol–water partition coefficient (Wildman–Crippen LogP) is 5.38. The third kappa shape index (κ3) is 8.04. The van der Waals surface area contributed by atoms with Crippen LogP contribution in [0.5, 0.6) is 0 Å². The van der Waals surface area contributed by atoms with E-state index in [0.717, 1.165) is 99.3 Å². The summed E-state index contributed by atoms with van der Waals surface area (Å²) in [5.41, 5.74) is 4.59. The summed E-state index contributed by atoms with van der Waals surface area (Å²) in [6.07, 6.45) is 10.6. The number of aromatic amines is 1. The highest BCUT2D eigenvalue weighted by molar-refractivity contribution is 6.33. The first kappa shape index (κ1) is 38.1. The smallest absolute Gasteiger partial charge is 0.254 e. The van der Waals surface area contributed by atoms with Crippen LogP contribution < -0.4 is 15.5 Å². The maximum atomic E-state index is 15.5. The summed E-state index contributed by atoms with van der Waals surface area (Å²) in [7, 11) is 0. The van der Waals surface area contributed by atoms with Crippen molar-refractivity contribution >= 4 is 52.1 Å². The van der Waals surface area contributed by atoms with Gasteiger partial charge in [-0.05, 0) is 93.6 Å². The molecule has 0 saturated carbocycles. The molecule has 2 aromatic heterocycles. The number of para-hydroxylation sites is 1. The summed E-state index contributed by atoms with van der Waals surface area (Å²) in [6, 6.07) is 11.2. The van der Waals surface area contributed by atoms with E-state index in [1.54, 1.807) is 23.2 Å². The van der Waals surface area contributed by atoms with E-state index in [1.165, 1.54) is 12.8 Å². The summed E-state index contributed by atoms with van der Waals surface area (Å²) in [4.78, 5) is 58.0. The molecular formula is C43H51ClFN9O3. The molecule has 3 N–H and O–H groups in total. The average molecular weight is 796 g/mol. The van der Waals surface area contributed by atoms with Crippen LogP contribution in [-0.4, -0.2) is 125 Å². The molecule has 12 nitrogen and oxygen atoms in total. The first-order chi connectivity index (χ1) is 27.8. The molecule has 0 aliphatic carbocycles. The maximum absolute atomic E-state index is 15.5. The van der Waals surface area contributed by atoms with Gasteiger partial charge in [0.15, 0.2) is 6.29 Å². The third-order valence-electron chi connectivity index (χ3n) is 13.2. The summed E-state index contributed by atoms with van der Waals surface area (Å²) in [5, 5.41) is 8.33. The van der Waals surface area contributed by atoms with Gasteiger partial charge >= 0.3 is 0 Å². The summed E-state index contributed by atoms with van der Waals surface area (Å²) >= 11 is 6.57. The van der Waals surface area contributed by atoms with E-state index in [4.69, 9.17) is 16.6 Å². The predicted molar refractivity (Wildman–Crippen MR) is 219 cm³/mol. The van der Waals surface area contributed by atoms with Crippen molar-refractivity contribution in [1.29, 1.82) is 0 Å². The minimum atomic E-state index is -0.485. The molecule has 0 bridgehead atoms. The number of hydrogen-bond donors (Lipinski definition) is 3. The van der Waals surface area contributed by atoms with E-state index in [9.17, 15) is 14.4 Å². The Labute approximate surface area is 337 Å². The van der Waals surface area contributed by atoms with Crippen molar-refractivity contribution in [2.75, 3.05) is 69.1 Å². The molecule has 4 aromatic rings. The van der Waals surface area contributed by atoms with Crippen molar-refractivity contribution in [3.05, 3.63) is 70.8 Å². The Morgan fingerprint density at radius 2 is 1.70 bits per heavy atom. The SMILES string of the molecule is O=CC(=O)C1CCC(N2Cc3cc(F)c(N4CCC(CN5CCC(CN6CCC(Nc7ncc(Cl)c(-c8c[nH]c9ccccc89)n7)C6)CC5)CC4)cc3C2=O)CN1. The van der Waals surface area contributed by atoms with Gasteiger partial charge in [-0.3, -0.25) is 14.4 Å². The molecule has 14 heteroatoms. The van der Waals surface area contributed by atoms with Gasteiger partial charge in [0.25, 0.3) is 5.91 Å². The number of H-pyrrole nitrogens is 1. The second-order valence-corrected chi connectivity index (χ2v) is 17.2. The largest absolute Gasteiger partial charge is 0.369 e. The molecule has 9 rings (SSSR count). The van der Waals surface area contributed by atoms with Crippen LogP contribution in [0.4, 0.5) is 16.0 Å². The van der Waals surface area contributed by atoms with E-state index in [2.05, 4.69) is 41.4 Å². The highest BCUT2D eigenvalue weighted by atomic mass is 35.5. The van der Waals surface area contributed by atoms with Crippen LogP contribution in [0.3, 0.4) is 0 Å². The van der Waals surface area contributed by atoms with Gasteiger partial charge in [-0.1, -0.05) is 29.8 Å². The average Bonchev–Trinajstić information content (AvgIpc) is 3.96. The number of amides is 1. The number of piperidine rings is 3. The molecule has 1 amide bonds. The number of carbonyl (C=O) groups excluding carboxylic acids is 3. The van der Waals surface area contributed by atoms with E-state index in [-0.39, 0.29) is 17.8 Å². The van der Waals surface area contributed by atoms with Gasteiger partial charge in [-0.15, -0.1) is 0 Å². The monoisotopic (exact) mass is 795 g/mol. The second kappa shape index (κ2) is 16.4. The Bertz CT molecular complexity index is 2120. The van der Waals surface area contributed by atoms with Crippen molar-refractivity contribution in [2.45, 2.75) is 69.6 Å². The number of nitrogens with one attached hydrogen (secondary N) is 3. The van der Waals surface area contributed by atoms with Gasteiger partial charge < -0.3 is 35.2 Å². The van der Waals surface area contributed by atoms with Gasteiger partial charge in [-0.2, -0.15) is 0 Å². The van der Waals surface area contributed by atoms with Gasteiger partial charge in [0.2, 0.25) is 11.7 Å². The van der Waals surface area contributed by atoms with Crippen molar-refractivity contribution in [3.63, 3.8) is 0 Å². The lowest BCUT2D eigenvalue weighted by molar-refractivity contribution is -0.131. The summed E-state index contributed by atoms with van der Waals surface area (Å²) in [6.45, 7) is 8.89. The topological polar surface area (TPSA) is 130 Å². The van der Waals surface area contributed by atoms with Gasteiger partial charge in [0.05, 0.1) is 28.6 Å². The fourth-order valence-electron chi connectivity index (χ4n) is 9.94. The highest BCUT2D eigenvalue weighted by Gasteiger charge is 2.37. The fraction of sp³-hybridized carbons (Fsp3) is 0.512. The van der Waals surface area contributed by atoms with Crippen LogP contribution in [0.2, 0.25) is 5.02 Å². The lowest BCUT2D eigenvalue weighted by Crippen LogP contribution is -2.52. The number of carbonyl (C=O) groups is 3. The molecule has 5 aliphatic heterocycles. The molecular weight excluding hydrogens is 745 g/mol. The number of Topliss-reactive ketones (excluding diaryl/α,β-unsaturated/α-hetero) is 1. The Morgan fingerprint density at radius 3 is 2.47 bits per heavy atom. The lowest BCUT2D eigenvalue weighted by atomic mass is 9.92. The summed E-state index contributed by atoms with van der Waals surface area (Å²) in [5.74, 6) is 1.09. The molecule has 57 heavy (non-hydrogen) atoms. The van der Waals surface area contributed by atoms with Crippen molar-refractivity contribution < 1.29 is 18.8 Å². The Kier molecular flexibility index (Phi) is 11.0. The molecule has 4 saturated heterocycles. The van der Waals surface area contributed by atoms with Crippen LogP contribution in [0.1, 0.15) is 60.9 Å². The Balaban J connectivity index is 0.709. The number of rotatable bonds is 11. The molecule has 4 fully saturated rings. The van der Waals surface area contributed by atoms with E-state index >= 15 is 4.39 Å². The molecule has 7 heterocycles. The van der Waals surface area contributed by atoms with Gasteiger partial charge in [0.1, 0.15) is 5.82 Å². The molecule has 2 aromatic carbocycles. The second-order valence-electron chi connectivity index (χ2n) is 16.8. The zero-order chi connectivity index (χ0) is 39.0. The fourth-order valence-corrected chi connectivity index (χ4v) is 10.1. The maximum Gasteiger partial charge on any atom is 0.254 e. The number of likely N-dealkylation sites (tertiary alicyclic amines) is 2. The minimum absolute atomic E-state index is 0.0819. The number of fused-ring (bicyclic) bond motifs is 2. The third-order valence-corrected chi connectivity index (χ3v) is 13.5. The molecule has 0 spiro atoms. The Hall–Kier alpha value is -4.43. The first-order valence-electron chi connectivity index (χ1n) is 20.7. The van der Waals surface area contributed by atoms with Gasteiger partial charge in [0, 0.05) is 92.7 Å². The number of halogens is 2. The Morgan fingerprint density at radius 1 is 0.947 bits per heavy atom. The van der Waals surface area contributed by atoms with Crippen molar-refractivity contribution in [3.8, 4) is 11.3 Å². The van der Waals surface area contributed by atoms with Crippen LogP contribution in [0.25, 0.3) is 22.2 Å². The van der Waals surface area contributed by atoms with Crippen molar-refractivity contribution in [1.82, 2.24) is 35.0 Å². The van der Waals surface area contributed by atoms with Crippen LogP contribution >= 0.6 is 11.6 Å². The number of hydrogen-bond acceptors (Lipinski definition) is 10. The van der Waals surface area contributed by atoms with Crippen LogP contribution in [0, 0.1) is 17.7 Å². The normalized spacial score (nSPS) is 24.0. The van der Waals surface area contributed by atoms with E-state index in [1.807, 2.05) is 24.4 Å². The zero-order valence-electron chi connectivity index (χ0n) is 32.3. The van der Waals surface area contributed by atoms with Crippen LogP contribution in [0.15, 0.2) is 48.8 Å². The number of nitrogens with zero attached hydrogens (tertiary/aromatic N) is 6. The number of benzene rings is 2.